The lowest BCUT2D eigenvalue weighted by Gasteiger charge is -2.36. The van der Waals surface area contributed by atoms with Crippen molar-refractivity contribution in [1.29, 1.82) is 0 Å². The number of H-pyrrole nitrogens is 1. The molecule has 0 amide bonds. The third kappa shape index (κ3) is 4.96. The van der Waals surface area contributed by atoms with Crippen LogP contribution in [0.5, 0.6) is 11.5 Å². The molecule has 0 spiro atoms. The van der Waals surface area contributed by atoms with Crippen molar-refractivity contribution in [3.63, 3.8) is 0 Å². The van der Waals surface area contributed by atoms with Gasteiger partial charge < -0.3 is 19.7 Å². The molecule has 9 heteroatoms. The second-order valence-electron chi connectivity index (χ2n) is 8.90. The number of rotatable bonds is 8. The van der Waals surface area contributed by atoms with Crippen LogP contribution >= 0.6 is 0 Å². The van der Waals surface area contributed by atoms with E-state index in [0.29, 0.717) is 12.4 Å². The van der Waals surface area contributed by atoms with E-state index < -0.39 is 4.92 Å². The van der Waals surface area contributed by atoms with E-state index in [1.807, 2.05) is 0 Å². The van der Waals surface area contributed by atoms with Crippen LogP contribution < -0.4 is 9.64 Å². The molecule has 1 aromatic heterocycles. The number of aromatic hydroxyl groups is 1. The smallest absolute Gasteiger partial charge is 0.310 e. The van der Waals surface area contributed by atoms with Crippen molar-refractivity contribution in [2.24, 2.45) is 0 Å². The normalized spacial score (nSPS) is 14.3. The Bertz CT molecular complexity index is 1380. The van der Waals surface area contributed by atoms with Crippen molar-refractivity contribution in [1.82, 2.24) is 14.9 Å². The van der Waals surface area contributed by atoms with Gasteiger partial charge in [-0.2, -0.15) is 0 Å². The van der Waals surface area contributed by atoms with E-state index in [0.717, 1.165) is 67.3 Å². The Morgan fingerprint density at radius 3 is 2.64 bits per heavy atom. The fourth-order valence-corrected chi connectivity index (χ4v) is 4.60. The third-order valence-corrected chi connectivity index (χ3v) is 6.63. The molecule has 2 heterocycles. The molecule has 186 valence electrons. The van der Waals surface area contributed by atoms with Gasteiger partial charge in [-0.3, -0.25) is 15.0 Å². The lowest BCUT2D eigenvalue weighted by Crippen LogP contribution is -2.47. The molecule has 1 aliphatic rings. The summed E-state index contributed by atoms with van der Waals surface area (Å²) in [6.07, 6.45) is 0.991. The summed E-state index contributed by atoms with van der Waals surface area (Å²) in [6.45, 7) is 6.86. The first kappa shape index (κ1) is 23.6. The molecule has 0 saturated carbocycles. The number of phenolic OH excluding ortho intramolecular Hbond substituents is 1. The van der Waals surface area contributed by atoms with Crippen LogP contribution in [-0.2, 0) is 6.42 Å². The first-order valence-electron chi connectivity index (χ1n) is 12.2. The summed E-state index contributed by atoms with van der Waals surface area (Å²) >= 11 is 0. The average Bonchev–Trinajstić information content (AvgIpc) is 3.34. The highest BCUT2D eigenvalue weighted by Gasteiger charge is 2.20. The van der Waals surface area contributed by atoms with E-state index in [9.17, 15) is 15.2 Å². The highest BCUT2D eigenvalue weighted by molar-refractivity contribution is 5.91. The quantitative estimate of drug-likeness (QED) is 0.276. The minimum atomic E-state index is -0.618. The number of nitrogens with zero attached hydrogens (tertiary/aromatic N) is 4. The van der Waals surface area contributed by atoms with Crippen LogP contribution in [0.15, 0.2) is 60.7 Å². The monoisotopic (exact) mass is 487 g/mol. The second-order valence-corrected chi connectivity index (χ2v) is 8.90. The van der Waals surface area contributed by atoms with Gasteiger partial charge in [-0.15, -0.1) is 0 Å². The minimum absolute atomic E-state index is 0.327. The molecule has 0 atom stereocenters. The van der Waals surface area contributed by atoms with Crippen LogP contribution in [0.25, 0.3) is 22.4 Å². The number of phenols is 1. The van der Waals surface area contributed by atoms with Gasteiger partial charge >= 0.3 is 5.69 Å². The van der Waals surface area contributed by atoms with Crippen molar-refractivity contribution in [2.45, 2.75) is 13.3 Å². The second kappa shape index (κ2) is 10.2. The van der Waals surface area contributed by atoms with Crippen molar-refractivity contribution in [2.75, 3.05) is 44.2 Å². The van der Waals surface area contributed by atoms with Crippen molar-refractivity contribution >= 4 is 22.4 Å². The number of ether oxygens (including phenoxy) is 1. The van der Waals surface area contributed by atoms with Gasteiger partial charge in [-0.05, 0) is 36.2 Å². The molecule has 1 fully saturated rings. The summed E-state index contributed by atoms with van der Waals surface area (Å²) in [4.78, 5) is 23.4. The maximum Gasteiger partial charge on any atom is 0.310 e. The average molecular weight is 488 g/mol. The highest BCUT2D eigenvalue weighted by Crippen LogP contribution is 2.31. The Morgan fingerprint density at radius 1 is 1.08 bits per heavy atom. The lowest BCUT2D eigenvalue weighted by molar-refractivity contribution is -0.385. The summed E-state index contributed by atoms with van der Waals surface area (Å²) in [6, 6.07) is 18.8. The van der Waals surface area contributed by atoms with Crippen molar-refractivity contribution in [3.05, 3.63) is 76.3 Å². The Balaban J connectivity index is 1.20. The highest BCUT2D eigenvalue weighted by atomic mass is 16.6. The predicted molar refractivity (Wildman–Crippen MR) is 140 cm³/mol. The summed E-state index contributed by atoms with van der Waals surface area (Å²) < 4.78 is 5.70. The molecule has 2 N–H and O–H groups in total. The topological polar surface area (TPSA) is 108 Å². The number of nitro benzene ring substituents is 1. The minimum Gasteiger partial charge on any atom is -0.502 e. The summed E-state index contributed by atoms with van der Waals surface area (Å²) in [5.41, 5.74) is 5.22. The zero-order valence-corrected chi connectivity index (χ0v) is 20.2. The van der Waals surface area contributed by atoms with E-state index in [-0.39, 0.29) is 11.4 Å². The number of imidazole rings is 1. The molecule has 0 radical (unpaired) electrons. The lowest BCUT2D eigenvalue weighted by atomic mass is 10.1. The molecular weight excluding hydrogens is 458 g/mol. The number of piperazine rings is 1. The summed E-state index contributed by atoms with van der Waals surface area (Å²) in [7, 11) is 0. The Morgan fingerprint density at radius 2 is 1.89 bits per heavy atom. The number of nitrogens with one attached hydrogen (secondary N) is 1. The van der Waals surface area contributed by atoms with Gasteiger partial charge in [0.1, 0.15) is 23.7 Å². The third-order valence-electron chi connectivity index (χ3n) is 6.63. The molecule has 36 heavy (non-hydrogen) atoms. The van der Waals surface area contributed by atoms with Gasteiger partial charge in [0.05, 0.1) is 16.1 Å². The summed E-state index contributed by atoms with van der Waals surface area (Å²) in [5.74, 6) is 0.919. The maximum atomic E-state index is 10.8. The molecule has 1 aliphatic heterocycles. The van der Waals surface area contributed by atoms with Gasteiger partial charge in [0.15, 0.2) is 5.75 Å². The maximum absolute atomic E-state index is 10.8. The van der Waals surface area contributed by atoms with Crippen molar-refractivity contribution in [3.8, 4) is 22.9 Å². The van der Waals surface area contributed by atoms with Crippen LogP contribution in [-0.4, -0.2) is 64.2 Å². The number of aryl methyl sites for hydroxylation is 1. The number of anilines is 1. The van der Waals surface area contributed by atoms with E-state index in [1.165, 1.54) is 23.8 Å². The van der Waals surface area contributed by atoms with Crippen LogP contribution in [0.2, 0.25) is 0 Å². The first-order chi connectivity index (χ1) is 17.5. The standard InChI is InChI=1S/C27H29N5O4/c1-2-19-5-3-6-20(17-19)27-28-22-7-4-8-24(26(22)29-27)31-13-11-30(12-14-31)15-16-36-21-9-10-23(32(34)35)25(33)18-21/h3-10,17-18,33H,2,11-16H2,1H3,(H,28,29). The zero-order chi connectivity index (χ0) is 25.1. The van der Waals surface area contributed by atoms with Crippen LogP contribution in [0.1, 0.15) is 12.5 Å². The van der Waals surface area contributed by atoms with E-state index in [1.54, 1.807) is 0 Å². The molecule has 9 nitrogen and oxygen atoms in total. The van der Waals surface area contributed by atoms with Gasteiger partial charge in [-0.1, -0.05) is 31.2 Å². The van der Waals surface area contributed by atoms with Crippen LogP contribution in [0.4, 0.5) is 11.4 Å². The molecule has 1 saturated heterocycles. The molecule has 3 aromatic carbocycles. The first-order valence-corrected chi connectivity index (χ1v) is 12.2. The van der Waals surface area contributed by atoms with E-state index in [4.69, 9.17) is 9.72 Å². The number of hydrogen-bond acceptors (Lipinski definition) is 7. The van der Waals surface area contributed by atoms with Crippen molar-refractivity contribution < 1.29 is 14.8 Å². The molecule has 0 unspecified atom stereocenters. The molecule has 0 aliphatic carbocycles. The fraction of sp³-hybridized carbons (Fsp3) is 0.296. The van der Waals surface area contributed by atoms with E-state index in [2.05, 4.69) is 64.2 Å². The number of aromatic nitrogens is 2. The van der Waals surface area contributed by atoms with Gasteiger partial charge in [0.25, 0.3) is 0 Å². The molecular formula is C27H29N5O4. The Kier molecular flexibility index (Phi) is 6.73. The Hall–Kier alpha value is -4.11. The SMILES string of the molecule is CCc1cccc(-c2nc3c(N4CCN(CCOc5ccc([N+](=O)[O-])c(O)c5)CC4)cccc3[nH]2)c1. The number of para-hydroxylation sites is 1. The van der Waals surface area contributed by atoms with Gasteiger partial charge in [0.2, 0.25) is 0 Å². The number of aromatic amines is 1. The summed E-state index contributed by atoms with van der Waals surface area (Å²) in [5, 5.41) is 20.6. The number of benzene rings is 3. The van der Waals surface area contributed by atoms with Gasteiger partial charge in [-0.25, -0.2) is 4.98 Å². The largest absolute Gasteiger partial charge is 0.502 e. The number of nitro groups is 1. The van der Waals surface area contributed by atoms with Gasteiger partial charge in [0, 0.05) is 50.4 Å². The van der Waals surface area contributed by atoms with Crippen LogP contribution in [0.3, 0.4) is 0 Å². The number of fused-ring (bicyclic) bond motifs is 1. The fourth-order valence-electron chi connectivity index (χ4n) is 4.60. The molecule has 5 rings (SSSR count). The predicted octanol–water partition coefficient (Wildman–Crippen LogP) is 4.61. The molecule has 4 aromatic rings. The Labute approximate surface area is 209 Å². The number of hydrogen-bond donors (Lipinski definition) is 2. The zero-order valence-electron chi connectivity index (χ0n) is 20.2. The van der Waals surface area contributed by atoms with Crippen LogP contribution in [0, 0.1) is 10.1 Å². The molecule has 0 bridgehead atoms. The van der Waals surface area contributed by atoms with E-state index >= 15 is 0 Å².